The quantitative estimate of drug-likeness (QED) is 0.763. The van der Waals surface area contributed by atoms with Gasteiger partial charge in [0.2, 0.25) is 5.91 Å². The molecule has 1 saturated heterocycles. The van der Waals surface area contributed by atoms with Gasteiger partial charge in [-0.15, -0.1) is 0 Å². The number of hydrogen-bond donors (Lipinski definition) is 2. The van der Waals surface area contributed by atoms with Crippen molar-refractivity contribution in [3.05, 3.63) is 35.0 Å². The largest absolute Gasteiger partial charge is 0.497 e. The molecule has 1 aliphatic heterocycles. The molecule has 142 valence electrons. The number of carbonyl (C=O) groups is 2. The van der Waals surface area contributed by atoms with E-state index >= 15 is 0 Å². The Balaban J connectivity index is 1.39. The number of fused-ring (bicyclic) bond motifs is 3. The molecule has 0 spiro atoms. The molecule has 0 saturated carbocycles. The second-order valence-corrected chi connectivity index (χ2v) is 7.04. The molecule has 2 amide bonds. The third-order valence-corrected chi connectivity index (χ3v) is 5.37. The molecule has 1 aliphatic carbocycles. The zero-order valence-electron chi connectivity index (χ0n) is 15.5. The molecule has 2 aromatic rings. The molecule has 2 aliphatic rings. The van der Waals surface area contributed by atoms with E-state index in [9.17, 15) is 9.59 Å². The lowest BCUT2D eigenvalue weighted by Gasteiger charge is -2.17. The van der Waals surface area contributed by atoms with E-state index in [1.165, 1.54) is 5.56 Å². The van der Waals surface area contributed by atoms with Crippen LogP contribution in [0.2, 0.25) is 0 Å². The van der Waals surface area contributed by atoms with Crippen LogP contribution in [0.4, 0.5) is 0 Å². The number of benzene rings is 1. The first-order valence-corrected chi connectivity index (χ1v) is 9.48. The smallest absolute Gasteiger partial charge is 0.269 e. The molecule has 27 heavy (non-hydrogen) atoms. The molecule has 2 heterocycles. The van der Waals surface area contributed by atoms with Crippen molar-refractivity contribution < 1.29 is 14.3 Å². The van der Waals surface area contributed by atoms with Crippen molar-refractivity contribution in [2.24, 2.45) is 0 Å². The van der Waals surface area contributed by atoms with Crippen LogP contribution in [0.3, 0.4) is 0 Å². The van der Waals surface area contributed by atoms with Crippen molar-refractivity contribution in [1.29, 1.82) is 0 Å². The van der Waals surface area contributed by atoms with Crippen LogP contribution >= 0.6 is 0 Å². The van der Waals surface area contributed by atoms with Crippen molar-refractivity contribution in [2.75, 3.05) is 26.7 Å². The van der Waals surface area contributed by atoms with Crippen molar-refractivity contribution in [3.8, 4) is 17.0 Å². The first-order chi connectivity index (χ1) is 13.2. The fourth-order valence-corrected chi connectivity index (χ4v) is 3.91. The minimum absolute atomic E-state index is 0.131. The van der Waals surface area contributed by atoms with Crippen LogP contribution in [-0.4, -0.2) is 53.7 Å². The van der Waals surface area contributed by atoms with E-state index < -0.39 is 0 Å². The zero-order valence-corrected chi connectivity index (χ0v) is 15.5. The fourth-order valence-electron chi connectivity index (χ4n) is 3.91. The van der Waals surface area contributed by atoms with Gasteiger partial charge >= 0.3 is 0 Å². The molecule has 4 rings (SSSR count). The Morgan fingerprint density at radius 3 is 3.00 bits per heavy atom. The molecule has 0 unspecified atom stereocenters. The number of amides is 2. The van der Waals surface area contributed by atoms with Crippen LogP contribution in [-0.2, 0) is 17.6 Å². The van der Waals surface area contributed by atoms with Gasteiger partial charge in [-0.25, -0.2) is 0 Å². The Kier molecular flexibility index (Phi) is 4.83. The number of aryl methyl sites for hydroxylation is 1. The second kappa shape index (κ2) is 7.42. The molecule has 0 radical (unpaired) electrons. The third kappa shape index (κ3) is 3.41. The molecule has 1 aromatic carbocycles. The van der Waals surface area contributed by atoms with Crippen LogP contribution in [0, 0.1) is 0 Å². The van der Waals surface area contributed by atoms with Gasteiger partial charge in [0, 0.05) is 37.2 Å². The number of nitrogens with one attached hydrogen (secondary N) is 2. The summed E-state index contributed by atoms with van der Waals surface area (Å²) >= 11 is 0. The minimum atomic E-state index is -0.131. The fraction of sp³-hybridized carbons (Fsp3) is 0.450. The Morgan fingerprint density at radius 2 is 2.22 bits per heavy atom. The number of likely N-dealkylation sites (tertiary alicyclic amines) is 1. The lowest BCUT2D eigenvalue weighted by atomic mass is 9.89. The number of aromatic nitrogens is 2. The maximum absolute atomic E-state index is 12.6. The summed E-state index contributed by atoms with van der Waals surface area (Å²) in [5.74, 6) is 0.926. The first kappa shape index (κ1) is 17.6. The maximum atomic E-state index is 12.6. The summed E-state index contributed by atoms with van der Waals surface area (Å²) in [5.41, 5.74) is 4.62. The first-order valence-electron chi connectivity index (χ1n) is 9.48. The maximum Gasteiger partial charge on any atom is 0.269 e. The number of methoxy groups -OCH3 is 1. The van der Waals surface area contributed by atoms with Gasteiger partial charge in [-0.1, -0.05) is 0 Å². The van der Waals surface area contributed by atoms with Crippen LogP contribution in [0.25, 0.3) is 11.3 Å². The van der Waals surface area contributed by atoms with Gasteiger partial charge < -0.3 is 15.0 Å². The number of nitrogens with zero attached hydrogens (tertiary/aromatic N) is 2. The predicted molar refractivity (Wildman–Crippen MR) is 101 cm³/mol. The topological polar surface area (TPSA) is 87.3 Å². The highest BCUT2D eigenvalue weighted by Gasteiger charge is 2.25. The minimum Gasteiger partial charge on any atom is -0.497 e. The number of hydrogen-bond acceptors (Lipinski definition) is 4. The molecular weight excluding hydrogens is 344 g/mol. The van der Waals surface area contributed by atoms with Crippen molar-refractivity contribution in [1.82, 2.24) is 20.4 Å². The van der Waals surface area contributed by atoms with E-state index in [4.69, 9.17) is 4.74 Å². The van der Waals surface area contributed by atoms with E-state index in [1.807, 2.05) is 23.1 Å². The highest BCUT2D eigenvalue weighted by molar-refractivity contribution is 5.96. The lowest BCUT2D eigenvalue weighted by molar-refractivity contribution is -0.127. The second-order valence-electron chi connectivity index (χ2n) is 7.04. The predicted octanol–water partition coefficient (Wildman–Crippen LogP) is 1.93. The SMILES string of the molecule is COc1ccc2c(c1)CCc1c-2n[nH]c1C(=O)NCCCN1CCCC1=O. The normalized spacial score (nSPS) is 15.4. The van der Waals surface area contributed by atoms with Gasteiger partial charge in [-0.2, -0.15) is 5.10 Å². The van der Waals surface area contributed by atoms with Crippen LogP contribution in [0.5, 0.6) is 5.75 Å². The van der Waals surface area contributed by atoms with Gasteiger partial charge in [0.15, 0.2) is 0 Å². The van der Waals surface area contributed by atoms with E-state index in [2.05, 4.69) is 15.5 Å². The molecular formula is C20H24N4O3. The summed E-state index contributed by atoms with van der Waals surface area (Å²) in [4.78, 5) is 26.0. The molecule has 1 fully saturated rings. The van der Waals surface area contributed by atoms with Crippen molar-refractivity contribution in [2.45, 2.75) is 32.1 Å². The molecule has 2 N–H and O–H groups in total. The van der Waals surface area contributed by atoms with E-state index in [0.717, 1.165) is 54.8 Å². The zero-order chi connectivity index (χ0) is 18.8. The Bertz CT molecular complexity index is 874. The summed E-state index contributed by atoms with van der Waals surface area (Å²) in [5, 5.41) is 10.3. The molecule has 1 aromatic heterocycles. The average Bonchev–Trinajstić information content (AvgIpc) is 3.30. The molecule has 0 atom stereocenters. The monoisotopic (exact) mass is 368 g/mol. The average molecular weight is 368 g/mol. The number of ether oxygens (including phenoxy) is 1. The molecule has 0 bridgehead atoms. The Morgan fingerprint density at radius 1 is 1.33 bits per heavy atom. The van der Waals surface area contributed by atoms with Gasteiger partial charge in [-0.3, -0.25) is 14.7 Å². The molecule has 7 nitrogen and oxygen atoms in total. The van der Waals surface area contributed by atoms with Crippen LogP contribution in [0.1, 0.15) is 40.9 Å². The highest BCUT2D eigenvalue weighted by Crippen LogP contribution is 2.35. The Labute approximate surface area is 158 Å². The summed E-state index contributed by atoms with van der Waals surface area (Å²) in [6.07, 6.45) is 3.99. The Hall–Kier alpha value is -2.83. The van der Waals surface area contributed by atoms with Gasteiger partial charge in [-0.05, 0) is 49.4 Å². The summed E-state index contributed by atoms with van der Waals surface area (Å²) < 4.78 is 5.29. The summed E-state index contributed by atoms with van der Waals surface area (Å²) in [6, 6.07) is 5.95. The standard InChI is InChI=1S/C20H24N4O3/c1-27-14-6-8-15-13(12-14)5-7-16-18(15)22-23-19(16)20(26)21-9-3-11-24-10-2-4-17(24)25/h6,8,12H,2-5,7,9-11H2,1H3,(H,21,26)(H,22,23). The molecule has 7 heteroatoms. The van der Waals surface area contributed by atoms with Gasteiger partial charge in [0.05, 0.1) is 12.8 Å². The van der Waals surface area contributed by atoms with E-state index in [0.29, 0.717) is 25.2 Å². The number of carbonyl (C=O) groups excluding carboxylic acids is 2. The van der Waals surface area contributed by atoms with E-state index in [-0.39, 0.29) is 11.8 Å². The van der Waals surface area contributed by atoms with Gasteiger partial charge in [0.25, 0.3) is 5.91 Å². The van der Waals surface area contributed by atoms with E-state index in [1.54, 1.807) is 7.11 Å². The highest BCUT2D eigenvalue weighted by atomic mass is 16.5. The van der Waals surface area contributed by atoms with Crippen LogP contribution < -0.4 is 10.1 Å². The summed E-state index contributed by atoms with van der Waals surface area (Å²) in [7, 11) is 1.66. The van der Waals surface area contributed by atoms with Crippen LogP contribution in [0.15, 0.2) is 18.2 Å². The number of rotatable bonds is 6. The van der Waals surface area contributed by atoms with Crippen molar-refractivity contribution in [3.63, 3.8) is 0 Å². The van der Waals surface area contributed by atoms with Crippen molar-refractivity contribution >= 4 is 11.8 Å². The third-order valence-electron chi connectivity index (χ3n) is 5.37. The van der Waals surface area contributed by atoms with Gasteiger partial charge in [0.1, 0.15) is 11.4 Å². The lowest BCUT2D eigenvalue weighted by Crippen LogP contribution is -2.31. The number of aromatic amines is 1. The summed E-state index contributed by atoms with van der Waals surface area (Å²) in [6.45, 7) is 2.09. The number of H-pyrrole nitrogens is 1.